The zero-order valence-corrected chi connectivity index (χ0v) is 16.0. The number of ether oxygens (including phenoxy) is 2. The van der Waals surface area contributed by atoms with Gasteiger partial charge in [0.2, 0.25) is 0 Å². The first-order valence-electron chi connectivity index (χ1n) is 8.68. The Morgan fingerprint density at radius 2 is 1.75 bits per heavy atom. The Balaban J connectivity index is 1.69. The molecule has 0 atom stereocenters. The molecule has 0 saturated carbocycles. The van der Waals surface area contributed by atoms with Gasteiger partial charge in [-0.1, -0.05) is 41.9 Å². The normalized spacial score (nSPS) is 10.8. The summed E-state index contributed by atoms with van der Waals surface area (Å²) >= 11 is 5.88. The fourth-order valence-corrected chi connectivity index (χ4v) is 2.73. The van der Waals surface area contributed by atoms with Crippen molar-refractivity contribution in [2.45, 2.75) is 6.92 Å². The van der Waals surface area contributed by atoms with Crippen molar-refractivity contribution in [1.82, 2.24) is 0 Å². The first-order chi connectivity index (χ1) is 13.5. The van der Waals surface area contributed by atoms with Crippen molar-refractivity contribution in [1.29, 1.82) is 0 Å². The van der Waals surface area contributed by atoms with E-state index in [1.54, 1.807) is 24.3 Å². The minimum Gasteiger partial charge on any atom is -0.486 e. The number of hydrogen-bond donors (Lipinski definition) is 1. The molecule has 0 bridgehead atoms. The summed E-state index contributed by atoms with van der Waals surface area (Å²) in [5.41, 5.74) is 2.01. The molecule has 0 aliphatic carbocycles. The molecule has 28 heavy (non-hydrogen) atoms. The molecule has 0 fully saturated rings. The third-order valence-electron chi connectivity index (χ3n) is 3.89. The first-order valence-corrected chi connectivity index (χ1v) is 9.06. The molecule has 0 radical (unpaired) electrons. The van der Waals surface area contributed by atoms with E-state index in [1.165, 1.54) is 6.07 Å². The topological polar surface area (TPSA) is 55.8 Å². The zero-order valence-electron chi connectivity index (χ0n) is 15.3. The molecular formula is C23H19ClO4. The molecular weight excluding hydrogens is 376 g/mol. The highest BCUT2D eigenvalue weighted by atomic mass is 35.5. The van der Waals surface area contributed by atoms with Crippen LogP contribution >= 0.6 is 11.6 Å². The summed E-state index contributed by atoms with van der Waals surface area (Å²) in [6.45, 7) is 2.18. The summed E-state index contributed by atoms with van der Waals surface area (Å²) in [6.07, 6.45) is 3.84. The van der Waals surface area contributed by atoms with Crippen LogP contribution in [0.1, 0.15) is 21.5 Å². The van der Waals surface area contributed by atoms with Gasteiger partial charge in [0, 0.05) is 5.02 Å². The van der Waals surface area contributed by atoms with Gasteiger partial charge < -0.3 is 14.6 Å². The monoisotopic (exact) mass is 394 g/mol. The standard InChI is InChI=1S/C23H19ClO4/c1-16-13-18(23(25)26)15-20(14-16)28-22-7-3-2-6-21(22)27-12-4-5-17-8-10-19(24)11-9-17/h2-11,13-15H,12H2,1H3,(H,25,26)/b5-4+. The number of rotatable bonds is 7. The fraction of sp³-hybridized carbons (Fsp3) is 0.0870. The van der Waals surface area contributed by atoms with Gasteiger partial charge in [-0.2, -0.15) is 0 Å². The lowest BCUT2D eigenvalue weighted by atomic mass is 10.1. The summed E-state index contributed by atoms with van der Waals surface area (Å²) in [5.74, 6) is 0.543. The minimum atomic E-state index is -0.995. The second kappa shape index (κ2) is 9.11. The Hall–Kier alpha value is -3.24. The first kappa shape index (κ1) is 19.5. The third-order valence-corrected chi connectivity index (χ3v) is 4.14. The van der Waals surface area contributed by atoms with Crippen molar-refractivity contribution >= 4 is 23.6 Å². The van der Waals surface area contributed by atoms with Gasteiger partial charge in [0.25, 0.3) is 0 Å². The Morgan fingerprint density at radius 1 is 1.04 bits per heavy atom. The van der Waals surface area contributed by atoms with Crippen LogP contribution in [0.15, 0.2) is 72.8 Å². The quantitative estimate of drug-likeness (QED) is 0.516. The van der Waals surface area contributed by atoms with Crippen LogP contribution in [0.5, 0.6) is 17.2 Å². The van der Waals surface area contributed by atoms with Crippen molar-refractivity contribution < 1.29 is 19.4 Å². The molecule has 0 unspecified atom stereocenters. The molecule has 0 aliphatic rings. The van der Waals surface area contributed by atoms with Gasteiger partial charge in [0.05, 0.1) is 5.56 Å². The molecule has 142 valence electrons. The number of hydrogen-bond acceptors (Lipinski definition) is 3. The number of aryl methyl sites for hydroxylation is 1. The van der Waals surface area contributed by atoms with Gasteiger partial charge in [-0.05, 0) is 66.6 Å². The van der Waals surface area contributed by atoms with Crippen LogP contribution in [0.2, 0.25) is 5.02 Å². The number of halogens is 1. The van der Waals surface area contributed by atoms with E-state index in [-0.39, 0.29) is 5.56 Å². The molecule has 0 amide bonds. The average molecular weight is 395 g/mol. The number of carbonyl (C=O) groups is 1. The SMILES string of the molecule is Cc1cc(Oc2ccccc2OC/C=C/c2ccc(Cl)cc2)cc(C(=O)O)c1. The fourth-order valence-electron chi connectivity index (χ4n) is 2.61. The van der Waals surface area contributed by atoms with Crippen LogP contribution in [0.4, 0.5) is 0 Å². The lowest BCUT2D eigenvalue weighted by Gasteiger charge is -2.12. The van der Waals surface area contributed by atoms with E-state index in [2.05, 4.69) is 0 Å². The largest absolute Gasteiger partial charge is 0.486 e. The molecule has 3 aromatic rings. The molecule has 0 aromatic heterocycles. The second-order valence-electron chi connectivity index (χ2n) is 6.15. The number of aromatic carboxylic acids is 1. The summed E-state index contributed by atoms with van der Waals surface area (Å²) < 4.78 is 11.7. The van der Waals surface area contributed by atoms with Crippen molar-refractivity contribution in [2.24, 2.45) is 0 Å². The van der Waals surface area contributed by atoms with E-state index in [0.717, 1.165) is 11.1 Å². The molecule has 3 aromatic carbocycles. The summed E-state index contributed by atoms with van der Waals surface area (Å²) in [7, 11) is 0. The number of benzene rings is 3. The lowest BCUT2D eigenvalue weighted by molar-refractivity contribution is 0.0696. The maximum Gasteiger partial charge on any atom is 0.335 e. The van der Waals surface area contributed by atoms with Crippen LogP contribution in [0.25, 0.3) is 6.08 Å². The van der Waals surface area contributed by atoms with Gasteiger partial charge >= 0.3 is 5.97 Å². The lowest BCUT2D eigenvalue weighted by Crippen LogP contribution is -1.99. The predicted molar refractivity (Wildman–Crippen MR) is 111 cm³/mol. The summed E-state index contributed by atoms with van der Waals surface area (Å²) in [4.78, 5) is 11.2. The van der Waals surface area contributed by atoms with Gasteiger partial charge in [-0.3, -0.25) is 0 Å². The molecule has 0 spiro atoms. The Kier molecular flexibility index (Phi) is 6.35. The third kappa shape index (κ3) is 5.38. The highest BCUT2D eigenvalue weighted by Crippen LogP contribution is 2.32. The second-order valence-corrected chi connectivity index (χ2v) is 6.59. The Bertz CT molecular complexity index is 994. The van der Waals surface area contributed by atoms with Crippen molar-refractivity contribution in [3.63, 3.8) is 0 Å². The molecule has 0 heterocycles. The Labute approximate surface area is 168 Å². The van der Waals surface area contributed by atoms with E-state index in [4.69, 9.17) is 21.1 Å². The van der Waals surface area contributed by atoms with Crippen molar-refractivity contribution in [3.8, 4) is 17.2 Å². The van der Waals surface area contributed by atoms with Crippen LogP contribution in [-0.4, -0.2) is 17.7 Å². The van der Waals surface area contributed by atoms with E-state index in [9.17, 15) is 9.90 Å². The van der Waals surface area contributed by atoms with E-state index in [1.807, 2.05) is 55.5 Å². The highest BCUT2D eigenvalue weighted by Gasteiger charge is 2.09. The summed E-state index contributed by atoms with van der Waals surface area (Å²) in [6, 6.07) is 19.7. The number of para-hydroxylation sites is 2. The van der Waals surface area contributed by atoms with Crippen LogP contribution in [0.3, 0.4) is 0 Å². The Morgan fingerprint density at radius 3 is 2.46 bits per heavy atom. The molecule has 4 nitrogen and oxygen atoms in total. The van der Waals surface area contributed by atoms with Gasteiger partial charge in [0.1, 0.15) is 12.4 Å². The van der Waals surface area contributed by atoms with Crippen molar-refractivity contribution in [3.05, 3.63) is 94.5 Å². The maximum absolute atomic E-state index is 11.2. The molecule has 0 aliphatic heterocycles. The summed E-state index contributed by atoms with van der Waals surface area (Å²) in [5, 5.41) is 9.91. The zero-order chi connectivity index (χ0) is 19.9. The van der Waals surface area contributed by atoms with Crippen LogP contribution in [0, 0.1) is 6.92 Å². The van der Waals surface area contributed by atoms with Crippen LogP contribution < -0.4 is 9.47 Å². The van der Waals surface area contributed by atoms with Crippen molar-refractivity contribution in [2.75, 3.05) is 6.61 Å². The number of carboxylic acids is 1. The predicted octanol–water partition coefficient (Wildman–Crippen LogP) is 6.23. The maximum atomic E-state index is 11.2. The van der Waals surface area contributed by atoms with E-state index < -0.39 is 5.97 Å². The average Bonchev–Trinajstić information content (AvgIpc) is 2.67. The molecule has 3 rings (SSSR count). The van der Waals surface area contributed by atoms with Gasteiger partial charge in [-0.25, -0.2) is 4.79 Å². The smallest absolute Gasteiger partial charge is 0.335 e. The van der Waals surface area contributed by atoms with E-state index >= 15 is 0 Å². The van der Waals surface area contributed by atoms with Gasteiger partial charge in [0.15, 0.2) is 11.5 Å². The molecule has 1 N–H and O–H groups in total. The van der Waals surface area contributed by atoms with E-state index in [0.29, 0.717) is 28.9 Å². The minimum absolute atomic E-state index is 0.180. The van der Waals surface area contributed by atoms with Gasteiger partial charge in [-0.15, -0.1) is 0 Å². The molecule has 0 saturated heterocycles. The van der Waals surface area contributed by atoms with Crippen LogP contribution in [-0.2, 0) is 0 Å². The molecule has 5 heteroatoms. The highest BCUT2D eigenvalue weighted by molar-refractivity contribution is 6.30. The number of carboxylic acid groups (broad SMARTS) is 1.